The van der Waals surface area contributed by atoms with Crippen LogP contribution in [0.1, 0.15) is 12.5 Å². The molecule has 0 saturated heterocycles. The first-order chi connectivity index (χ1) is 9.71. The van der Waals surface area contributed by atoms with Crippen LogP contribution >= 0.6 is 27.7 Å². The molecule has 2 aromatic rings. The average molecular weight is 354 g/mol. The normalized spacial score (nSPS) is 10.3. The molecule has 0 aliphatic heterocycles. The average Bonchev–Trinajstić information content (AvgIpc) is 2.45. The van der Waals surface area contributed by atoms with Gasteiger partial charge in [-0.25, -0.2) is 4.98 Å². The lowest BCUT2D eigenvalue weighted by atomic mass is 10.2. The lowest BCUT2D eigenvalue weighted by Crippen LogP contribution is -2.04. The highest BCUT2D eigenvalue weighted by Crippen LogP contribution is 2.20. The van der Waals surface area contributed by atoms with E-state index in [2.05, 4.69) is 31.2 Å². The van der Waals surface area contributed by atoms with Crippen LogP contribution in [0.25, 0.3) is 0 Å². The quantitative estimate of drug-likeness (QED) is 0.628. The van der Waals surface area contributed by atoms with Gasteiger partial charge in [-0.05, 0) is 30.9 Å². The monoisotopic (exact) mass is 353 g/mol. The number of ether oxygens (including phenoxy) is 1. The summed E-state index contributed by atoms with van der Waals surface area (Å²) >= 11 is 4.95. The molecule has 0 radical (unpaired) electrons. The van der Waals surface area contributed by atoms with Crippen molar-refractivity contribution in [2.75, 3.05) is 18.1 Å². The van der Waals surface area contributed by atoms with Crippen molar-refractivity contribution in [1.29, 1.82) is 0 Å². The maximum absolute atomic E-state index is 5.75. The Morgan fingerprint density at radius 1 is 1.30 bits per heavy atom. The first kappa shape index (κ1) is 15.1. The largest absolute Gasteiger partial charge is 0.473 e. The molecule has 6 heteroatoms. The van der Waals surface area contributed by atoms with E-state index in [-0.39, 0.29) is 0 Å². The van der Waals surface area contributed by atoms with E-state index in [1.54, 1.807) is 0 Å². The fourth-order valence-electron chi connectivity index (χ4n) is 1.62. The third kappa shape index (κ3) is 4.38. The van der Waals surface area contributed by atoms with E-state index in [0.717, 1.165) is 22.4 Å². The zero-order valence-corrected chi connectivity index (χ0v) is 13.8. The second kappa shape index (κ2) is 7.50. The van der Waals surface area contributed by atoms with Gasteiger partial charge in [0.2, 0.25) is 5.88 Å². The number of halogens is 1. The second-order valence-electron chi connectivity index (χ2n) is 4.03. The van der Waals surface area contributed by atoms with Gasteiger partial charge in [0.1, 0.15) is 12.4 Å². The highest BCUT2D eigenvalue weighted by molar-refractivity contribution is 9.10. The van der Waals surface area contributed by atoms with Crippen LogP contribution in [0.4, 0.5) is 5.82 Å². The molecule has 0 spiro atoms. The smallest absolute Gasteiger partial charge is 0.219 e. The van der Waals surface area contributed by atoms with Crippen molar-refractivity contribution < 1.29 is 4.74 Å². The van der Waals surface area contributed by atoms with E-state index in [1.165, 1.54) is 11.8 Å². The summed E-state index contributed by atoms with van der Waals surface area (Å²) in [6, 6.07) is 9.85. The Morgan fingerprint density at radius 3 is 2.85 bits per heavy atom. The van der Waals surface area contributed by atoms with Crippen LogP contribution in [0.5, 0.6) is 5.88 Å². The number of thioether (sulfide) groups is 1. The van der Waals surface area contributed by atoms with E-state index in [1.807, 2.05) is 43.5 Å². The van der Waals surface area contributed by atoms with Crippen molar-refractivity contribution in [2.24, 2.45) is 0 Å². The van der Waals surface area contributed by atoms with E-state index < -0.39 is 0 Å². The van der Waals surface area contributed by atoms with E-state index in [9.17, 15) is 0 Å². The van der Waals surface area contributed by atoms with Crippen LogP contribution in [0.3, 0.4) is 0 Å². The van der Waals surface area contributed by atoms with Crippen LogP contribution in [-0.4, -0.2) is 22.8 Å². The predicted molar refractivity (Wildman–Crippen MR) is 86.5 cm³/mol. The molecule has 0 bridgehead atoms. The molecule has 1 aromatic heterocycles. The minimum atomic E-state index is 0.482. The van der Waals surface area contributed by atoms with Crippen LogP contribution in [-0.2, 0) is 6.61 Å². The SMILES string of the molecule is CCNc1cc(OCc2cccc(Br)c2)nc(SC)n1. The topological polar surface area (TPSA) is 47.0 Å². The number of anilines is 1. The van der Waals surface area contributed by atoms with Crippen molar-refractivity contribution in [1.82, 2.24) is 9.97 Å². The van der Waals surface area contributed by atoms with Crippen LogP contribution in [0.2, 0.25) is 0 Å². The third-order valence-corrected chi connectivity index (χ3v) is 3.54. The Morgan fingerprint density at radius 2 is 2.15 bits per heavy atom. The third-order valence-electron chi connectivity index (χ3n) is 2.50. The van der Waals surface area contributed by atoms with Gasteiger partial charge in [0.25, 0.3) is 0 Å². The molecule has 0 atom stereocenters. The maximum atomic E-state index is 5.75. The minimum Gasteiger partial charge on any atom is -0.473 e. The Bertz CT molecular complexity index is 580. The van der Waals surface area contributed by atoms with Gasteiger partial charge in [0.15, 0.2) is 5.16 Å². The molecule has 2 rings (SSSR count). The summed E-state index contributed by atoms with van der Waals surface area (Å²) in [5.74, 6) is 1.37. The van der Waals surface area contributed by atoms with Crippen molar-refractivity contribution in [3.8, 4) is 5.88 Å². The zero-order valence-electron chi connectivity index (χ0n) is 11.4. The molecular weight excluding hydrogens is 338 g/mol. The molecule has 0 aliphatic carbocycles. The molecule has 1 aromatic carbocycles. The summed E-state index contributed by atoms with van der Waals surface area (Å²) in [7, 11) is 0. The highest BCUT2D eigenvalue weighted by atomic mass is 79.9. The number of benzene rings is 1. The minimum absolute atomic E-state index is 0.482. The first-order valence-electron chi connectivity index (χ1n) is 6.25. The van der Waals surface area contributed by atoms with Gasteiger partial charge >= 0.3 is 0 Å². The number of hydrogen-bond donors (Lipinski definition) is 1. The predicted octanol–water partition coefficient (Wildman–Crippen LogP) is 3.97. The lowest BCUT2D eigenvalue weighted by Gasteiger charge is -2.09. The van der Waals surface area contributed by atoms with Crippen molar-refractivity contribution >= 4 is 33.5 Å². The molecule has 106 valence electrons. The molecule has 1 N–H and O–H groups in total. The molecular formula is C14H16BrN3OS. The maximum Gasteiger partial charge on any atom is 0.219 e. The van der Waals surface area contributed by atoms with E-state index in [0.29, 0.717) is 17.6 Å². The lowest BCUT2D eigenvalue weighted by molar-refractivity contribution is 0.291. The van der Waals surface area contributed by atoms with Gasteiger partial charge in [0.05, 0.1) is 0 Å². The van der Waals surface area contributed by atoms with Gasteiger partial charge < -0.3 is 10.1 Å². The van der Waals surface area contributed by atoms with Crippen LogP contribution in [0.15, 0.2) is 40.0 Å². The highest BCUT2D eigenvalue weighted by Gasteiger charge is 2.05. The Kier molecular flexibility index (Phi) is 5.67. The van der Waals surface area contributed by atoms with Crippen molar-refractivity contribution in [2.45, 2.75) is 18.7 Å². The van der Waals surface area contributed by atoms with Gasteiger partial charge in [-0.3, -0.25) is 0 Å². The first-order valence-corrected chi connectivity index (χ1v) is 8.27. The second-order valence-corrected chi connectivity index (χ2v) is 5.72. The van der Waals surface area contributed by atoms with Crippen LogP contribution < -0.4 is 10.1 Å². The molecule has 1 heterocycles. The summed E-state index contributed by atoms with van der Waals surface area (Å²) in [5.41, 5.74) is 1.09. The van der Waals surface area contributed by atoms with Gasteiger partial charge in [-0.2, -0.15) is 4.98 Å². The molecule has 0 unspecified atom stereocenters. The zero-order chi connectivity index (χ0) is 14.4. The fraction of sp³-hybridized carbons (Fsp3) is 0.286. The summed E-state index contributed by atoms with van der Waals surface area (Å²) in [6.07, 6.45) is 1.95. The number of aromatic nitrogens is 2. The number of rotatable bonds is 6. The van der Waals surface area contributed by atoms with Gasteiger partial charge in [-0.15, -0.1) is 0 Å². The standard InChI is InChI=1S/C14H16BrN3OS/c1-3-16-12-8-13(18-14(17-12)20-2)19-9-10-5-4-6-11(15)7-10/h4-8H,3,9H2,1-2H3,(H,16,17,18). The fourth-order valence-corrected chi connectivity index (χ4v) is 2.44. The summed E-state index contributed by atoms with van der Waals surface area (Å²) < 4.78 is 6.79. The number of nitrogens with zero attached hydrogens (tertiary/aromatic N) is 2. The number of hydrogen-bond acceptors (Lipinski definition) is 5. The molecule has 20 heavy (non-hydrogen) atoms. The van der Waals surface area contributed by atoms with Crippen molar-refractivity contribution in [3.63, 3.8) is 0 Å². The summed E-state index contributed by atoms with van der Waals surface area (Å²) in [4.78, 5) is 8.71. The molecule has 0 fully saturated rings. The Labute approximate surface area is 131 Å². The molecule has 0 saturated carbocycles. The Hall–Kier alpha value is -1.27. The van der Waals surface area contributed by atoms with Gasteiger partial charge in [0, 0.05) is 17.1 Å². The summed E-state index contributed by atoms with van der Waals surface area (Å²) in [5, 5.41) is 3.88. The van der Waals surface area contributed by atoms with E-state index >= 15 is 0 Å². The van der Waals surface area contributed by atoms with Crippen LogP contribution in [0, 0.1) is 0 Å². The van der Waals surface area contributed by atoms with Gasteiger partial charge in [-0.1, -0.05) is 39.8 Å². The molecule has 0 aliphatic rings. The Balaban J connectivity index is 2.10. The number of nitrogens with one attached hydrogen (secondary N) is 1. The van der Waals surface area contributed by atoms with E-state index in [4.69, 9.17) is 4.74 Å². The molecule has 0 amide bonds. The molecule has 4 nitrogen and oxygen atoms in total. The van der Waals surface area contributed by atoms with Crippen molar-refractivity contribution in [3.05, 3.63) is 40.4 Å². The summed E-state index contributed by atoms with van der Waals surface area (Å²) in [6.45, 7) is 3.33.